The summed E-state index contributed by atoms with van der Waals surface area (Å²) in [5.74, 6) is 0.585. The molecule has 0 aromatic heterocycles. The van der Waals surface area contributed by atoms with Gasteiger partial charge >= 0.3 is 5.97 Å². The fraction of sp³-hybridized carbons (Fsp3) is 0.786. The smallest absolute Gasteiger partial charge is 0.308 e. The van der Waals surface area contributed by atoms with Crippen LogP contribution in [0.15, 0.2) is 12.7 Å². The third-order valence-corrected chi connectivity index (χ3v) is 3.56. The van der Waals surface area contributed by atoms with Crippen LogP contribution < -0.4 is 0 Å². The molecule has 17 heavy (non-hydrogen) atoms. The molecule has 0 aromatic rings. The topological polar surface area (TPSA) is 46.5 Å². The summed E-state index contributed by atoms with van der Waals surface area (Å²) in [5.41, 5.74) is 0. The molecule has 1 saturated carbocycles. The van der Waals surface area contributed by atoms with Gasteiger partial charge in [0.25, 0.3) is 0 Å². The van der Waals surface area contributed by atoms with E-state index >= 15 is 0 Å². The number of allylic oxidation sites excluding steroid dienone is 1. The second-order valence-electron chi connectivity index (χ2n) is 4.89. The molecule has 1 N–H and O–H groups in total. The van der Waals surface area contributed by atoms with E-state index in [4.69, 9.17) is 4.74 Å². The highest BCUT2D eigenvalue weighted by atomic mass is 16.5. The zero-order chi connectivity index (χ0) is 12.7. The van der Waals surface area contributed by atoms with Crippen molar-refractivity contribution >= 4 is 5.97 Å². The first-order valence-corrected chi connectivity index (χ1v) is 6.62. The first kappa shape index (κ1) is 14.2. The molecule has 1 aliphatic rings. The summed E-state index contributed by atoms with van der Waals surface area (Å²) in [6, 6.07) is 0. The van der Waals surface area contributed by atoms with Gasteiger partial charge in [0.05, 0.1) is 19.1 Å². The number of esters is 1. The zero-order valence-corrected chi connectivity index (χ0v) is 10.7. The maximum Gasteiger partial charge on any atom is 0.308 e. The first-order valence-electron chi connectivity index (χ1n) is 6.62. The van der Waals surface area contributed by atoms with Gasteiger partial charge in [-0.2, -0.15) is 0 Å². The molecule has 0 spiro atoms. The number of hydrogen-bond donors (Lipinski definition) is 1. The molecule has 0 heterocycles. The standard InChI is InChI=1S/C14H24O3/c1-3-6-12(9-11-7-5-8-11)13(15)10-14(16)17-4-2/h3,11-13,15H,1,4-10H2,2H3. The molecule has 0 aliphatic heterocycles. The van der Waals surface area contributed by atoms with E-state index < -0.39 is 6.10 Å². The summed E-state index contributed by atoms with van der Waals surface area (Å²) >= 11 is 0. The van der Waals surface area contributed by atoms with Crippen molar-refractivity contribution < 1.29 is 14.6 Å². The zero-order valence-electron chi connectivity index (χ0n) is 10.7. The third-order valence-electron chi connectivity index (χ3n) is 3.56. The van der Waals surface area contributed by atoms with Gasteiger partial charge in [-0.3, -0.25) is 4.79 Å². The maximum atomic E-state index is 11.3. The van der Waals surface area contributed by atoms with E-state index in [1.165, 1.54) is 19.3 Å². The van der Waals surface area contributed by atoms with Crippen molar-refractivity contribution in [3.8, 4) is 0 Å². The molecule has 1 aliphatic carbocycles. The molecular weight excluding hydrogens is 216 g/mol. The van der Waals surface area contributed by atoms with Gasteiger partial charge in [-0.1, -0.05) is 25.3 Å². The fourth-order valence-electron chi connectivity index (χ4n) is 2.34. The van der Waals surface area contributed by atoms with E-state index in [-0.39, 0.29) is 18.3 Å². The summed E-state index contributed by atoms with van der Waals surface area (Å²) in [5, 5.41) is 10.1. The highest BCUT2D eigenvalue weighted by molar-refractivity contribution is 5.69. The molecule has 1 fully saturated rings. The Morgan fingerprint density at radius 2 is 2.29 bits per heavy atom. The molecule has 1 rings (SSSR count). The Bertz CT molecular complexity index is 246. The van der Waals surface area contributed by atoms with Gasteiger partial charge in [-0.15, -0.1) is 6.58 Å². The van der Waals surface area contributed by atoms with Crippen LogP contribution in [0.2, 0.25) is 0 Å². The van der Waals surface area contributed by atoms with Gasteiger partial charge in [0.2, 0.25) is 0 Å². The van der Waals surface area contributed by atoms with Crippen molar-refractivity contribution in [3.63, 3.8) is 0 Å². The predicted octanol–water partition coefficient (Wildman–Crippen LogP) is 2.68. The molecular formula is C14H24O3. The molecule has 0 saturated heterocycles. The molecule has 3 heteroatoms. The van der Waals surface area contributed by atoms with Gasteiger partial charge in [-0.25, -0.2) is 0 Å². The highest BCUT2D eigenvalue weighted by Gasteiger charge is 2.27. The van der Waals surface area contributed by atoms with Crippen molar-refractivity contribution in [3.05, 3.63) is 12.7 Å². The van der Waals surface area contributed by atoms with Crippen LogP contribution in [0, 0.1) is 11.8 Å². The average Bonchev–Trinajstić information content (AvgIpc) is 2.21. The highest BCUT2D eigenvalue weighted by Crippen LogP contribution is 2.34. The lowest BCUT2D eigenvalue weighted by Crippen LogP contribution is -2.28. The van der Waals surface area contributed by atoms with E-state index in [1.807, 2.05) is 6.08 Å². The van der Waals surface area contributed by atoms with Crippen molar-refractivity contribution in [1.29, 1.82) is 0 Å². The lowest BCUT2D eigenvalue weighted by Gasteiger charge is -2.31. The quantitative estimate of drug-likeness (QED) is 0.524. The summed E-state index contributed by atoms with van der Waals surface area (Å²) in [7, 11) is 0. The number of aliphatic hydroxyl groups excluding tert-OH is 1. The van der Waals surface area contributed by atoms with Crippen LogP contribution in [-0.2, 0) is 9.53 Å². The van der Waals surface area contributed by atoms with Crippen molar-refractivity contribution in [2.45, 2.75) is 51.6 Å². The molecule has 2 atom stereocenters. The van der Waals surface area contributed by atoms with Gasteiger partial charge in [0.1, 0.15) is 0 Å². The Morgan fingerprint density at radius 3 is 2.76 bits per heavy atom. The van der Waals surface area contributed by atoms with Crippen LogP contribution in [-0.4, -0.2) is 23.8 Å². The van der Waals surface area contributed by atoms with Crippen LogP contribution in [0.25, 0.3) is 0 Å². The van der Waals surface area contributed by atoms with E-state index in [9.17, 15) is 9.90 Å². The summed E-state index contributed by atoms with van der Waals surface area (Å²) < 4.78 is 4.86. The van der Waals surface area contributed by atoms with E-state index in [1.54, 1.807) is 6.92 Å². The molecule has 3 nitrogen and oxygen atoms in total. The molecule has 98 valence electrons. The lowest BCUT2D eigenvalue weighted by atomic mass is 9.76. The molecule has 0 bridgehead atoms. The Kier molecular flexibility index (Phi) is 6.27. The van der Waals surface area contributed by atoms with Crippen LogP contribution in [0.3, 0.4) is 0 Å². The normalized spacial score (nSPS) is 19.2. The largest absolute Gasteiger partial charge is 0.466 e. The van der Waals surface area contributed by atoms with Crippen molar-refractivity contribution in [2.24, 2.45) is 11.8 Å². The number of hydrogen-bond acceptors (Lipinski definition) is 3. The molecule has 0 radical (unpaired) electrons. The number of rotatable bonds is 8. The fourth-order valence-corrected chi connectivity index (χ4v) is 2.34. The third kappa shape index (κ3) is 4.90. The Morgan fingerprint density at radius 1 is 1.59 bits per heavy atom. The SMILES string of the molecule is C=CCC(CC1CCC1)C(O)CC(=O)OCC. The lowest BCUT2D eigenvalue weighted by molar-refractivity contribution is -0.146. The number of aliphatic hydroxyl groups is 1. The Balaban J connectivity index is 2.37. The second kappa shape index (κ2) is 7.49. The summed E-state index contributed by atoms with van der Waals surface area (Å²) in [4.78, 5) is 11.3. The van der Waals surface area contributed by atoms with E-state index in [0.29, 0.717) is 6.61 Å². The van der Waals surface area contributed by atoms with Crippen LogP contribution >= 0.6 is 0 Å². The van der Waals surface area contributed by atoms with Crippen LogP contribution in [0.5, 0.6) is 0 Å². The van der Waals surface area contributed by atoms with Gasteiger partial charge in [-0.05, 0) is 31.6 Å². The Labute approximate surface area is 104 Å². The number of ether oxygens (including phenoxy) is 1. The number of carbonyl (C=O) groups excluding carboxylic acids is 1. The first-order chi connectivity index (χ1) is 8.17. The monoisotopic (exact) mass is 240 g/mol. The summed E-state index contributed by atoms with van der Waals surface area (Å²) in [6.45, 7) is 5.88. The van der Waals surface area contributed by atoms with Crippen LogP contribution in [0.4, 0.5) is 0 Å². The minimum atomic E-state index is -0.590. The minimum absolute atomic E-state index is 0.110. The van der Waals surface area contributed by atoms with E-state index in [2.05, 4.69) is 6.58 Å². The second-order valence-corrected chi connectivity index (χ2v) is 4.89. The maximum absolute atomic E-state index is 11.3. The molecule has 0 amide bonds. The minimum Gasteiger partial charge on any atom is -0.466 e. The van der Waals surface area contributed by atoms with E-state index in [0.717, 1.165) is 18.8 Å². The molecule has 2 unspecified atom stereocenters. The summed E-state index contributed by atoms with van der Waals surface area (Å²) in [6.07, 6.45) is 6.96. The Hall–Kier alpha value is -0.830. The van der Waals surface area contributed by atoms with Crippen LogP contribution in [0.1, 0.15) is 45.4 Å². The van der Waals surface area contributed by atoms with Gasteiger partial charge < -0.3 is 9.84 Å². The van der Waals surface area contributed by atoms with Gasteiger partial charge in [0, 0.05) is 0 Å². The van der Waals surface area contributed by atoms with Crippen molar-refractivity contribution in [2.75, 3.05) is 6.61 Å². The van der Waals surface area contributed by atoms with Gasteiger partial charge in [0.15, 0.2) is 0 Å². The predicted molar refractivity (Wildman–Crippen MR) is 67.5 cm³/mol. The van der Waals surface area contributed by atoms with Crippen molar-refractivity contribution in [1.82, 2.24) is 0 Å². The average molecular weight is 240 g/mol. The molecule has 0 aromatic carbocycles. The number of carbonyl (C=O) groups is 1.